The molecule has 1 aromatic carbocycles. The highest BCUT2D eigenvalue weighted by Gasteiger charge is 2.16. The lowest BCUT2D eigenvalue weighted by Gasteiger charge is -2.15. The molecule has 0 saturated heterocycles. The molecular weight excluding hydrogens is 354 g/mol. The van der Waals surface area contributed by atoms with Gasteiger partial charge >= 0.3 is 0 Å². The number of hydrogen-bond donors (Lipinski definition) is 1. The van der Waals surface area contributed by atoms with E-state index in [2.05, 4.69) is 60.2 Å². The Labute approximate surface area is 162 Å². The summed E-state index contributed by atoms with van der Waals surface area (Å²) in [5, 5.41) is 16.7. The topological polar surface area (TPSA) is 68.6 Å². The molecule has 0 atom stereocenters. The van der Waals surface area contributed by atoms with Crippen molar-refractivity contribution >= 4 is 19.0 Å². The maximum Gasteiger partial charge on any atom is 0.140 e. The fraction of sp³-hybridized carbons (Fsp3) is 0.550. The SMILES string of the molecule is CCCCCc1ccc2c(-c3cn[nH]n3)nn(COCC[Si](C)(C)C)c2c1. The molecule has 6 nitrogen and oxygen atoms in total. The lowest BCUT2D eigenvalue weighted by Crippen LogP contribution is -2.22. The second-order valence-corrected chi connectivity index (χ2v) is 14.0. The van der Waals surface area contributed by atoms with Gasteiger partial charge in [-0.1, -0.05) is 51.5 Å². The highest BCUT2D eigenvalue weighted by molar-refractivity contribution is 6.76. The second-order valence-electron chi connectivity index (χ2n) is 8.36. The zero-order valence-electron chi connectivity index (χ0n) is 17.0. The van der Waals surface area contributed by atoms with Gasteiger partial charge in [0.15, 0.2) is 0 Å². The Kier molecular flexibility index (Phi) is 6.44. The molecule has 7 heteroatoms. The van der Waals surface area contributed by atoms with Gasteiger partial charge in [0.2, 0.25) is 0 Å². The van der Waals surface area contributed by atoms with Crippen LogP contribution in [-0.2, 0) is 17.9 Å². The molecule has 0 aliphatic carbocycles. The van der Waals surface area contributed by atoms with Crippen LogP contribution < -0.4 is 0 Å². The first-order chi connectivity index (χ1) is 13.0. The van der Waals surface area contributed by atoms with Gasteiger partial charge in [0.05, 0.1) is 11.7 Å². The Balaban J connectivity index is 1.84. The van der Waals surface area contributed by atoms with Gasteiger partial charge in [0.25, 0.3) is 0 Å². The van der Waals surface area contributed by atoms with Crippen LogP contribution in [-0.4, -0.2) is 39.9 Å². The number of unbranched alkanes of at least 4 members (excludes halogenated alkanes) is 2. The fourth-order valence-electron chi connectivity index (χ4n) is 3.09. The van der Waals surface area contributed by atoms with Crippen molar-refractivity contribution in [2.45, 2.75) is 65.0 Å². The number of aromatic amines is 1. The predicted octanol–water partition coefficient (Wildman–Crippen LogP) is 4.87. The molecule has 0 aliphatic rings. The normalized spacial score (nSPS) is 12.1. The van der Waals surface area contributed by atoms with E-state index in [1.54, 1.807) is 6.20 Å². The summed E-state index contributed by atoms with van der Waals surface area (Å²) in [5.74, 6) is 0. The number of nitrogens with one attached hydrogen (secondary N) is 1. The van der Waals surface area contributed by atoms with E-state index >= 15 is 0 Å². The number of fused-ring (bicyclic) bond motifs is 1. The van der Waals surface area contributed by atoms with Crippen molar-refractivity contribution < 1.29 is 4.74 Å². The van der Waals surface area contributed by atoms with Crippen LogP contribution in [0.5, 0.6) is 0 Å². The Morgan fingerprint density at radius 1 is 1.19 bits per heavy atom. The van der Waals surface area contributed by atoms with E-state index in [0.717, 1.165) is 41.4 Å². The van der Waals surface area contributed by atoms with Crippen LogP contribution in [0.4, 0.5) is 0 Å². The number of benzene rings is 1. The minimum atomic E-state index is -1.09. The van der Waals surface area contributed by atoms with Crippen LogP contribution >= 0.6 is 0 Å². The lowest BCUT2D eigenvalue weighted by atomic mass is 10.0. The number of hydrogen-bond acceptors (Lipinski definition) is 4. The van der Waals surface area contributed by atoms with Gasteiger partial charge in [-0.15, -0.1) is 0 Å². The molecule has 3 aromatic rings. The molecule has 2 heterocycles. The van der Waals surface area contributed by atoms with E-state index < -0.39 is 8.07 Å². The Morgan fingerprint density at radius 2 is 2.04 bits per heavy atom. The molecule has 0 aliphatic heterocycles. The Hall–Kier alpha value is -1.99. The summed E-state index contributed by atoms with van der Waals surface area (Å²) in [4.78, 5) is 0. The molecule has 1 N–H and O–H groups in total. The first-order valence-corrected chi connectivity index (χ1v) is 13.6. The van der Waals surface area contributed by atoms with Crippen molar-refractivity contribution in [2.24, 2.45) is 0 Å². The highest BCUT2D eigenvalue weighted by atomic mass is 28.3. The summed E-state index contributed by atoms with van der Waals surface area (Å²) in [6.45, 7) is 10.6. The molecule has 0 radical (unpaired) electrons. The molecule has 146 valence electrons. The summed E-state index contributed by atoms with van der Waals surface area (Å²) in [7, 11) is -1.09. The minimum Gasteiger partial charge on any atom is -0.360 e. The summed E-state index contributed by atoms with van der Waals surface area (Å²) in [5.41, 5.74) is 4.08. The zero-order chi connectivity index (χ0) is 19.3. The molecule has 0 unspecified atom stereocenters. The predicted molar refractivity (Wildman–Crippen MR) is 112 cm³/mol. The van der Waals surface area contributed by atoms with E-state index in [-0.39, 0.29) is 0 Å². The van der Waals surface area contributed by atoms with E-state index in [0.29, 0.717) is 6.73 Å². The highest BCUT2D eigenvalue weighted by Crippen LogP contribution is 2.27. The molecule has 0 amide bonds. The second kappa shape index (κ2) is 8.80. The summed E-state index contributed by atoms with van der Waals surface area (Å²) >= 11 is 0. The Bertz CT molecular complexity index is 851. The molecule has 27 heavy (non-hydrogen) atoms. The van der Waals surface area contributed by atoms with E-state index in [1.165, 1.54) is 24.8 Å². The van der Waals surface area contributed by atoms with Crippen LogP contribution in [0.15, 0.2) is 24.4 Å². The fourth-order valence-corrected chi connectivity index (χ4v) is 3.84. The standard InChI is InChI=1S/C20H31N5OSi/c1-5-6-7-8-16-9-10-17-19(13-16)25(15-26-11-12-27(2,3)4)23-20(17)18-14-21-24-22-18/h9-10,13-14H,5-8,11-12,15H2,1-4H3,(H,21,22,24). The van der Waals surface area contributed by atoms with Crippen molar-refractivity contribution in [3.63, 3.8) is 0 Å². The van der Waals surface area contributed by atoms with E-state index in [1.807, 2.05) is 4.68 Å². The quantitative estimate of drug-likeness (QED) is 0.399. The summed E-state index contributed by atoms with van der Waals surface area (Å²) in [6, 6.07) is 7.78. The first kappa shape index (κ1) is 19.8. The van der Waals surface area contributed by atoms with Crippen molar-refractivity contribution in [3.05, 3.63) is 30.0 Å². The van der Waals surface area contributed by atoms with E-state index in [4.69, 9.17) is 9.84 Å². The van der Waals surface area contributed by atoms with Crippen LogP contribution in [0.1, 0.15) is 31.7 Å². The van der Waals surface area contributed by atoms with Crippen molar-refractivity contribution in [1.82, 2.24) is 25.2 Å². The third kappa shape index (κ3) is 5.26. The van der Waals surface area contributed by atoms with Gasteiger partial charge in [-0.05, 0) is 30.5 Å². The lowest BCUT2D eigenvalue weighted by molar-refractivity contribution is 0.0818. The average molecular weight is 386 g/mol. The first-order valence-electron chi connectivity index (χ1n) is 9.91. The van der Waals surface area contributed by atoms with Gasteiger partial charge in [0.1, 0.15) is 18.1 Å². The largest absolute Gasteiger partial charge is 0.360 e. The molecule has 0 saturated carbocycles. The van der Waals surface area contributed by atoms with E-state index in [9.17, 15) is 0 Å². The van der Waals surface area contributed by atoms with Crippen LogP contribution in [0.25, 0.3) is 22.3 Å². The van der Waals surface area contributed by atoms with Crippen molar-refractivity contribution in [3.8, 4) is 11.4 Å². The maximum absolute atomic E-state index is 5.96. The molecule has 0 bridgehead atoms. The minimum absolute atomic E-state index is 0.469. The third-order valence-corrected chi connectivity index (χ3v) is 6.46. The summed E-state index contributed by atoms with van der Waals surface area (Å²) in [6.07, 6.45) is 6.54. The van der Waals surface area contributed by atoms with Crippen molar-refractivity contribution in [2.75, 3.05) is 6.61 Å². The van der Waals surface area contributed by atoms with Crippen LogP contribution in [0, 0.1) is 0 Å². The van der Waals surface area contributed by atoms with Gasteiger partial charge in [-0.3, -0.25) is 0 Å². The van der Waals surface area contributed by atoms with Crippen LogP contribution in [0.3, 0.4) is 0 Å². The van der Waals surface area contributed by atoms with Gasteiger partial charge in [-0.2, -0.15) is 20.5 Å². The summed E-state index contributed by atoms with van der Waals surface area (Å²) < 4.78 is 7.93. The van der Waals surface area contributed by atoms with Crippen LogP contribution in [0.2, 0.25) is 25.7 Å². The maximum atomic E-state index is 5.96. The van der Waals surface area contributed by atoms with Gasteiger partial charge < -0.3 is 4.74 Å². The number of nitrogens with zero attached hydrogens (tertiary/aromatic N) is 4. The zero-order valence-corrected chi connectivity index (χ0v) is 18.0. The van der Waals surface area contributed by atoms with Crippen molar-refractivity contribution in [1.29, 1.82) is 0 Å². The molecule has 0 spiro atoms. The number of ether oxygens (including phenoxy) is 1. The van der Waals surface area contributed by atoms with Gasteiger partial charge in [-0.25, -0.2) is 4.68 Å². The monoisotopic (exact) mass is 385 g/mol. The van der Waals surface area contributed by atoms with Gasteiger partial charge in [0, 0.05) is 20.1 Å². The third-order valence-electron chi connectivity index (χ3n) is 4.75. The number of aryl methyl sites for hydroxylation is 1. The molecular formula is C20H31N5OSi. The molecule has 2 aromatic heterocycles. The Morgan fingerprint density at radius 3 is 2.74 bits per heavy atom. The number of rotatable bonds is 10. The average Bonchev–Trinajstić information content (AvgIpc) is 3.26. The molecule has 0 fully saturated rings. The number of aromatic nitrogens is 5. The smallest absolute Gasteiger partial charge is 0.140 e. The molecule has 3 rings (SSSR count). The number of H-pyrrole nitrogens is 1.